The Hall–Kier alpha value is -2.08. The zero-order chi connectivity index (χ0) is 11.5. The molecule has 1 aromatic heterocycles. The summed E-state index contributed by atoms with van der Waals surface area (Å²) in [6, 6.07) is 9.76. The minimum Gasteiger partial charge on any atom is -0.489 e. The molecular weight excluding hydrogens is 200 g/mol. The van der Waals surface area contributed by atoms with Crippen molar-refractivity contribution in [3.8, 4) is 11.8 Å². The van der Waals surface area contributed by atoms with Gasteiger partial charge in [-0.25, -0.2) is 0 Å². The molecule has 0 radical (unpaired) electrons. The highest BCUT2D eigenvalue weighted by atomic mass is 16.5. The van der Waals surface area contributed by atoms with E-state index in [1.807, 2.05) is 38.1 Å². The highest BCUT2D eigenvalue weighted by Crippen LogP contribution is 2.28. The number of pyridine rings is 1. The monoisotopic (exact) mass is 212 g/mol. The molecule has 1 heterocycles. The summed E-state index contributed by atoms with van der Waals surface area (Å²) in [6.07, 6.45) is 1.60. The molecule has 16 heavy (non-hydrogen) atoms. The van der Waals surface area contributed by atoms with Gasteiger partial charge in [-0.15, -0.1) is 0 Å². The molecular formula is C13H12N2O. The summed E-state index contributed by atoms with van der Waals surface area (Å²) < 4.78 is 5.69. The van der Waals surface area contributed by atoms with E-state index in [0.717, 1.165) is 10.9 Å². The Labute approximate surface area is 94.3 Å². The maximum atomic E-state index is 9.02. The standard InChI is InChI=1S/C13H12N2O/c1-9(2)16-13-10(7-14)8-15-12-6-4-3-5-11(12)13/h3-6,8-9H,1-2H3. The highest BCUT2D eigenvalue weighted by molar-refractivity contribution is 5.87. The van der Waals surface area contributed by atoms with E-state index in [1.165, 1.54) is 0 Å². The van der Waals surface area contributed by atoms with Gasteiger partial charge in [-0.05, 0) is 26.0 Å². The fourth-order valence-corrected chi connectivity index (χ4v) is 1.56. The van der Waals surface area contributed by atoms with Gasteiger partial charge in [-0.1, -0.05) is 12.1 Å². The molecule has 0 N–H and O–H groups in total. The molecule has 2 aromatic rings. The fourth-order valence-electron chi connectivity index (χ4n) is 1.56. The van der Waals surface area contributed by atoms with Gasteiger partial charge in [0.2, 0.25) is 0 Å². The lowest BCUT2D eigenvalue weighted by molar-refractivity contribution is 0.244. The first-order valence-corrected chi connectivity index (χ1v) is 5.17. The second-order valence-corrected chi connectivity index (χ2v) is 3.80. The molecule has 2 rings (SSSR count). The van der Waals surface area contributed by atoms with Gasteiger partial charge in [-0.3, -0.25) is 4.98 Å². The Balaban J connectivity index is 2.69. The predicted octanol–water partition coefficient (Wildman–Crippen LogP) is 2.89. The molecule has 0 spiro atoms. The molecule has 0 saturated carbocycles. The SMILES string of the molecule is CC(C)Oc1c(C#N)cnc2ccccc12. The minimum absolute atomic E-state index is 0.0397. The molecule has 0 aliphatic rings. The van der Waals surface area contributed by atoms with Crippen molar-refractivity contribution >= 4 is 10.9 Å². The van der Waals surface area contributed by atoms with Gasteiger partial charge in [0.25, 0.3) is 0 Å². The maximum Gasteiger partial charge on any atom is 0.148 e. The van der Waals surface area contributed by atoms with Gasteiger partial charge in [0.05, 0.1) is 11.6 Å². The van der Waals surface area contributed by atoms with Gasteiger partial charge < -0.3 is 4.74 Å². The summed E-state index contributed by atoms with van der Waals surface area (Å²) in [7, 11) is 0. The van der Waals surface area contributed by atoms with Crippen LogP contribution in [-0.2, 0) is 0 Å². The van der Waals surface area contributed by atoms with Crippen LogP contribution in [0.15, 0.2) is 30.5 Å². The lowest BCUT2D eigenvalue weighted by Crippen LogP contribution is -2.07. The van der Waals surface area contributed by atoms with Crippen LogP contribution in [0.25, 0.3) is 10.9 Å². The van der Waals surface area contributed by atoms with Crippen molar-refractivity contribution in [1.29, 1.82) is 5.26 Å². The maximum absolute atomic E-state index is 9.02. The third-order valence-electron chi connectivity index (χ3n) is 2.20. The quantitative estimate of drug-likeness (QED) is 0.768. The van der Waals surface area contributed by atoms with Crippen LogP contribution in [0.4, 0.5) is 0 Å². The molecule has 0 fully saturated rings. The average molecular weight is 212 g/mol. The normalized spacial score (nSPS) is 10.4. The first-order valence-electron chi connectivity index (χ1n) is 5.17. The van der Waals surface area contributed by atoms with Crippen LogP contribution in [0.1, 0.15) is 19.4 Å². The number of para-hydroxylation sites is 1. The molecule has 80 valence electrons. The van der Waals surface area contributed by atoms with E-state index in [-0.39, 0.29) is 6.10 Å². The molecule has 0 saturated heterocycles. The van der Waals surface area contributed by atoms with Crippen molar-refractivity contribution in [2.75, 3.05) is 0 Å². The molecule has 3 nitrogen and oxygen atoms in total. The summed E-state index contributed by atoms with van der Waals surface area (Å²) in [5.41, 5.74) is 1.32. The number of hydrogen-bond acceptors (Lipinski definition) is 3. The zero-order valence-electron chi connectivity index (χ0n) is 9.27. The smallest absolute Gasteiger partial charge is 0.148 e. The predicted molar refractivity (Wildman–Crippen MR) is 62.2 cm³/mol. The van der Waals surface area contributed by atoms with Crippen LogP contribution in [-0.4, -0.2) is 11.1 Å². The van der Waals surface area contributed by atoms with E-state index >= 15 is 0 Å². The first-order chi connectivity index (χ1) is 7.72. The number of ether oxygens (including phenoxy) is 1. The number of rotatable bonds is 2. The van der Waals surface area contributed by atoms with Crippen LogP contribution in [0.3, 0.4) is 0 Å². The molecule has 0 aliphatic carbocycles. The highest BCUT2D eigenvalue weighted by Gasteiger charge is 2.10. The van der Waals surface area contributed by atoms with Crippen molar-refractivity contribution in [3.05, 3.63) is 36.0 Å². The summed E-state index contributed by atoms with van der Waals surface area (Å²) in [6.45, 7) is 3.88. The van der Waals surface area contributed by atoms with Gasteiger partial charge in [0.15, 0.2) is 0 Å². The Kier molecular flexibility index (Phi) is 2.74. The number of fused-ring (bicyclic) bond motifs is 1. The third kappa shape index (κ3) is 1.82. The lowest BCUT2D eigenvalue weighted by atomic mass is 10.1. The lowest BCUT2D eigenvalue weighted by Gasteiger charge is -2.13. The molecule has 0 aliphatic heterocycles. The average Bonchev–Trinajstić information content (AvgIpc) is 2.29. The molecule has 0 amide bonds. The van der Waals surface area contributed by atoms with E-state index in [1.54, 1.807) is 6.20 Å². The van der Waals surface area contributed by atoms with Gasteiger partial charge in [0.1, 0.15) is 17.4 Å². The number of nitriles is 1. The molecule has 0 unspecified atom stereocenters. The largest absolute Gasteiger partial charge is 0.489 e. The van der Waals surface area contributed by atoms with E-state index in [4.69, 9.17) is 10.00 Å². The first kappa shape index (κ1) is 10.4. The van der Waals surface area contributed by atoms with Crippen LogP contribution < -0.4 is 4.74 Å². The molecule has 0 atom stereocenters. The summed E-state index contributed by atoms with van der Waals surface area (Å²) in [5.74, 6) is 0.628. The van der Waals surface area contributed by atoms with Crippen molar-refractivity contribution in [1.82, 2.24) is 4.98 Å². The van der Waals surface area contributed by atoms with Gasteiger partial charge >= 0.3 is 0 Å². The van der Waals surface area contributed by atoms with Crippen LogP contribution >= 0.6 is 0 Å². The Bertz CT molecular complexity index is 555. The van der Waals surface area contributed by atoms with E-state index in [0.29, 0.717) is 11.3 Å². The van der Waals surface area contributed by atoms with Crippen molar-refractivity contribution < 1.29 is 4.74 Å². The molecule has 0 bridgehead atoms. The zero-order valence-corrected chi connectivity index (χ0v) is 9.27. The van der Waals surface area contributed by atoms with Crippen LogP contribution in [0.5, 0.6) is 5.75 Å². The minimum atomic E-state index is 0.0397. The number of benzene rings is 1. The summed E-state index contributed by atoms with van der Waals surface area (Å²) >= 11 is 0. The van der Waals surface area contributed by atoms with Gasteiger partial charge in [-0.2, -0.15) is 5.26 Å². The summed E-state index contributed by atoms with van der Waals surface area (Å²) in [4.78, 5) is 4.22. The molecule has 1 aromatic carbocycles. The van der Waals surface area contributed by atoms with Crippen molar-refractivity contribution in [2.24, 2.45) is 0 Å². The fraction of sp³-hybridized carbons (Fsp3) is 0.231. The van der Waals surface area contributed by atoms with E-state index in [9.17, 15) is 0 Å². The number of aromatic nitrogens is 1. The second kappa shape index (κ2) is 4.19. The molecule has 3 heteroatoms. The number of hydrogen-bond donors (Lipinski definition) is 0. The number of nitrogens with zero attached hydrogens (tertiary/aromatic N) is 2. The van der Waals surface area contributed by atoms with Crippen LogP contribution in [0.2, 0.25) is 0 Å². The van der Waals surface area contributed by atoms with Gasteiger partial charge in [0, 0.05) is 11.6 Å². The third-order valence-corrected chi connectivity index (χ3v) is 2.20. The van der Waals surface area contributed by atoms with E-state index in [2.05, 4.69) is 11.1 Å². The topological polar surface area (TPSA) is 45.9 Å². The Morgan fingerprint density at radius 2 is 2.06 bits per heavy atom. The van der Waals surface area contributed by atoms with E-state index < -0.39 is 0 Å². The van der Waals surface area contributed by atoms with Crippen molar-refractivity contribution in [3.63, 3.8) is 0 Å². The van der Waals surface area contributed by atoms with Crippen molar-refractivity contribution in [2.45, 2.75) is 20.0 Å². The Morgan fingerprint density at radius 1 is 1.31 bits per heavy atom. The van der Waals surface area contributed by atoms with Crippen LogP contribution in [0, 0.1) is 11.3 Å². The second-order valence-electron chi connectivity index (χ2n) is 3.80. The Morgan fingerprint density at radius 3 is 2.75 bits per heavy atom. The summed E-state index contributed by atoms with van der Waals surface area (Å²) in [5, 5.41) is 9.91.